The van der Waals surface area contributed by atoms with E-state index >= 15 is 0 Å². The van der Waals surface area contributed by atoms with Crippen LogP contribution in [0.25, 0.3) is 22.2 Å². The largest absolute Gasteiger partial charge is 0.454 e. The molecular weight excluding hydrogens is 676 g/mol. The molecule has 9 heteroatoms. The van der Waals surface area contributed by atoms with Gasteiger partial charge in [0.15, 0.2) is 12.4 Å². The van der Waals surface area contributed by atoms with Gasteiger partial charge < -0.3 is 4.74 Å². The van der Waals surface area contributed by atoms with Crippen molar-refractivity contribution in [2.75, 3.05) is 11.5 Å². The number of hydrogen-bond acceptors (Lipinski definition) is 6. The first-order chi connectivity index (χ1) is 20.6. The lowest BCUT2D eigenvalue weighted by molar-refractivity contribution is -0.122. The van der Waals surface area contributed by atoms with Crippen LogP contribution >= 0.6 is 31.9 Å². The molecule has 2 fully saturated rings. The summed E-state index contributed by atoms with van der Waals surface area (Å²) in [5, 5.41) is 0.596. The first-order valence-corrected chi connectivity index (χ1v) is 15.7. The predicted octanol–water partition coefficient (Wildman–Crippen LogP) is 7.70. The number of aryl methyl sites for hydroxylation is 1. The number of rotatable bonds is 6. The van der Waals surface area contributed by atoms with Crippen molar-refractivity contribution in [3.05, 3.63) is 92.4 Å². The third-order valence-electron chi connectivity index (χ3n) is 8.40. The van der Waals surface area contributed by atoms with Gasteiger partial charge in [-0.1, -0.05) is 63.0 Å². The van der Waals surface area contributed by atoms with Crippen LogP contribution in [0.3, 0.4) is 0 Å². The van der Waals surface area contributed by atoms with E-state index in [0.29, 0.717) is 39.3 Å². The second kappa shape index (κ2) is 11.8. The van der Waals surface area contributed by atoms with Crippen LogP contribution in [0, 0.1) is 24.7 Å². The van der Waals surface area contributed by atoms with Crippen molar-refractivity contribution < 1.29 is 23.9 Å². The van der Waals surface area contributed by atoms with Gasteiger partial charge in [0.1, 0.15) is 0 Å². The summed E-state index contributed by atoms with van der Waals surface area (Å²) < 4.78 is 7.12. The minimum absolute atomic E-state index is 0.123. The van der Waals surface area contributed by atoms with Crippen LogP contribution < -0.4 is 4.90 Å². The van der Waals surface area contributed by atoms with Gasteiger partial charge in [-0.3, -0.25) is 19.3 Å². The average molecular weight is 704 g/mol. The molecular formula is C34H28Br2N2O5. The van der Waals surface area contributed by atoms with Crippen molar-refractivity contribution in [3.8, 4) is 11.3 Å². The molecule has 2 amide bonds. The van der Waals surface area contributed by atoms with E-state index in [1.807, 2.05) is 13.0 Å². The van der Waals surface area contributed by atoms with E-state index in [9.17, 15) is 19.2 Å². The molecule has 3 unspecified atom stereocenters. The molecule has 1 aliphatic carbocycles. The number of aromatic nitrogens is 1. The lowest BCUT2D eigenvalue weighted by Gasteiger charge is -2.25. The highest BCUT2D eigenvalue weighted by molar-refractivity contribution is 9.10. The number of esters is 1. The van der Waals surface area contributed by atoms with Crippen LogP contribution in [0.2, 0.25) is 0 Å². The van der Waals surface area contributed by atoms with Crippen molar-refractivity contribution >= 4 is 72.0 Å². The minimum Gasteiger partial charge on any atom is -0.454 e. The fraction of sp³-hybridized carbons (Fsp3) is 0.265. The number of fused-ring (bicyclic) bond motifs is 2. The highest BCUT2D eigenvalue weighted by Crippen LogP contribution is 2.42. The molecule has 3 aromatic carbocycles. The van der Waals surface area contributed by atoms with Gasteiger partial charge in [0.05, 0.1) is 34.3 Å². The van der Waals surface area contributed by atoms with Crippen LogP contribution in [0.15, 0.2) is 75.7 Å². The molecule has 4 aromatic rings. The second-order valence-electron chi connectivity index (χ2n) is 11.4. The van der Waals surface area contributed by atoms with Gasteiger partial charge in [-0.05, 0) is 80.1 Å². The lowest BCUT2D eigenvalue weighted by atomic mass is 9.76. The summed E-state index contributed by atoms with van der Waals surface area (Å²) in [7, 11) is 0. The topological polar surface area (TPSA) is 93.6 Å². The Hall–Kier alpha value is -3.69. The number of benzene rings is 3. The van der Waals surface area contributed by atoms with E-state index in [-0.39, 0.29) is 35.0 Å². The zero-order chi connectivity index (χ0) is 30.4. The molecule has 0 radical (unpaired) electrons. The maximum Gasteiger partial charge on any atom is 0.339 e. The highest BCUT2D eigenvalue weighted by atomic mass is 79.9. The van der Waals surface area contributed by atoms with Crippen LogP contribution in [-0.4, -0.2) is 35.2 Å². The fourth-order valence-corrected chi connectivity index (χ4v) is 6.96. The monoisotopic (exact) mass is 702 g/mol. The number of nitrogens with zero attached hydrogens (tertiary/aromatic N) is 2. The molecule has 6 rings (SSSR count). The Labute approximate surface area is 265 Å². The molecule has 1 aromatic heterocycles. The number of carbonyl (C=O) groups excluding carboxylic acids is 4. The van der Waals surface area contributed by atoms with E-state index < -0.39 is 12.6 Å². The Morgan fingerprint density at radius 1 is 0.907 bits per heavy atom. The molecule has 3 atom stereocenters. The van der Waals surface area contributed by atoms with Gasteiger partial charge >= 0.3 is 5.97 Å². The molecule has 2 aliphatic rings. The van der Waals surface area contributed by atoms with Crippen LogP contribution in [0.5, 0.6) is 0 Å². The van der Waals surface area contributed by atoms with Crippen molar-refractivity contribution in [1.29, 1.82) is 0 Å². The first-order valence-electron chi connectivity index (χ1n) is 14.2. The number of amides is 2. The maximum atomic E-state index is 13.4. The zero-order valence-electron chi connectivity index (χ0n) is 23.6. The Kier molecular flexibility index (Phi) is 8.04. The number of Topliss-reactive ketones (excluding diaryl/α,β-unsaturated/α-hetero) is 1. The lowest BCUT2D eigenvalue weighted by Crippen LogP contribution is -2.30. The van der Waals surface area contributed by atoms with E-state index in [0.717, 1.165) is 33.8 Å². The molecule has 43 heavy (non-hydrogen) atoms. The third kappa shape index (κ3) is 5.68. The zero-order valence-corrected chi connectivity index (χ0v) is 26.8. The summed E-state index contributed by atoms with van der Waals surface area (Å²) in [6.45, 7) is 3.64. The SMILES string of the molecule is Cc1cc(Br)cc2c(C(=O)OCC(=O)c3ccc(Br)cc3)cc(-c3ccc(N4C(=O)C5CCC(C)CC5C4=O)cc3)nc12. The highest BCUT2D eigenvalue weighted by Gasteiger charge is 2.49. The number of anilines is 1. The second-order valence-corrected chi connectivity index (χ2v) is 13.2. The molecule has 1 saturated carbocycles. The summed E-state index contributed by atoms with van der Waals surface area (Å²) in [4.78, 5) is 58.6. The molecule has 0 spiro atoms. The molecule has 0 bridgehead atoms. The van der Waals surface area contributed by atoms with Gasteiger partial charge in [0.2, 0.25) is 11.8 Å². The smallest absolute Gasteiger partial charge is 0.339 e. The molecule has 1 aliphatic heterocycles. The Morgan fingerprint density at radius 2 is 1.60 bits per heavy atom. The predicted molar refractivity (Wildman–Crippen MR) is 171 cm³/mol. The summed E-state index contributed by atoms with van der Waals surface area (Å²) in [5.41, 5.74) is 3.97. The fourth-order valence-electron chi connectivity index (χ4n) is 6.13. The Balaban J connectivity index is 1.30. The van der Waals surface area contributed by atoms with E-state index in [4.69, 9.17) is 9.72 Å². The molecule has 0 N–H and O–H groups in total. The van der Waals surface area contributed by atoms with Gasteiger partial charge in [-0.15, -0.1) is 0 Å². The van der Waals surface area contributed by atoms with E-state index in [1.54, 1.807) is 60.7 Å². The van der Waals surface area contributed by atoms with Crippen molar-refractivity contribution in [1.82, 2.24) is 4.98 Å². The summed E-state index contributed by atoms with van der Waals surface area (Å²) in [6, 6.07) is 19.3. The minimum atomic E-state index is -0.640. The van der Waals surface area contributed by atoms with Crippen molar-refractivity contribution in [3.63, 3.8) is 0 Å². The Bertz CT molecular complexity index is 1790. The van der Waals surface area contributed by atoms with Crippen LogP contribution in [-0.2, 0) is 14.3 Å². The standard InChI is InChI=1S/C34H28Br2N2O5/c1-18-3-12-25-27(13-18)33(41)38(32(25)40)24-10-6-20(7-11-24)29-16-28(26-15-23(36)14-19(2)31(26)37-29)34(42)43-17-30(39)21-4-8-22(35)9-5-21/h4-11,14-16,18,25,27H,3,12-13,17H2,1-2H3. The summed E-state index contributed by atoms with van der Waals surface area (Å²) >= 11 is 6.86. The number of ether oxygens (including phenoxy) is 1. The van der Waals surface area contributed by atoms with E-state index in [2.05, 4.69) is 38.8 Å². The molecule has 218 valence electrons. The molecule has 2 heterocycles. The number of pyridine rings is 1. The number of carbonyl (C=O) groups is 4. The number of ketones is 1. The number of halogens is 2. The van der Waals surface area contributed by atoms with Crippen molar-refractivity contribution in [2.45, 2.75) is 33.1 Å². The average Bonchev–Trinajstić information content (AvgIpc) is 3.24. The quantitative estimate of drug-likeness (QED) is 0.116. The third-order valence-corrected chi connectivity index (χ3v) is 9.38. The van der Waals surface area contributed by atoms with Crippen molar-refractivity contribution in [2.24, 2.45) is 17.8 Å². The van der Waals surface area contributed by atoms with Gasteiger partial charge in [0.25, 0.3) is 0 Å². The van der Waals surface area contributed by atoms with Crippen LogP contribution in [0.1, 0.15) is 52.5 Å². The molecule has 1 saturated heterocycles. The summed E-state index contributed by atoms with van der Waals surface area (Å²) in [5.74, 6) is -1.25. The maximum absolute atomic E-state index is 13.4. The van der Waals surface area contributed by atoms with Gasteiger partial charge in [-0.2, -0.15) is 0 Å². The summed E-state index contributed by atoms with van der Waals surface area (Å²) in [6.07, 6.45) is 2.45. The number of imide groups is 1. The van der Waals surface area contributed by atoms with Gasteiger partial charge in [-0.25, -0.2) is 9.78 Å². The normalized spacial score (nSPS) is 19.9. The first kappa shape index (κ1) is 29.4. The van der Waals surface area contributed by atoms with Gasteiger partial charge in [0, 0.05) is 25.5 Å². The Morgan fingerprint density at radius 3 is 2.33 bits per heavy atom. The van der Waals surface area contributed by atoms with E-state index in [1.165, 1.54) is 4.90 Å². The number of hydrogen-bond donors (Lipinski definition) is 0. The molecule has 7 nitrogen and oxygen atoms in total. The van der Waals surface area contributed by atoms with Crippen LogP contribution in [0.4, 0.5) is 5.69 Å².